The van der Waals surface area contributed by atoms with Gasteiger partial charge in [0.05, 0.1) is 6.54 Å². The second-order valence-corrected chi connectivity index (χ2v) is 3.07. The summed E-state index contributed by atoms with van der Waals surface area (Å²) in [5.74, 6) is 2.68. The summed E-state index contributed by atoms with van der Waals surface area (Å²) in [6.45, 7) is 5.25. The van der Waals surface area contributed by atoms with Crippen molar-refractivity contribution < 1.29 is 4.79 Å². The highest BCUT2D eigenvalue weighted by atomic mass is 16.2. The average Bonchev–Trinajstić information content (AvgIpc) is 2.14. The Labute approximate surface area is 81.3 Å². The molecule has 0 heterocycles. The van der Waals surface area contributed by atoms with Gasteiger partial charge >= 0.3 is 0 Å². The van der Waals surface area contributed by atoms with E-state index in [-0.39, 0.29) is 5.91 Å². The van der Waals surface area contributed by atoms with E-state index < -0.39 is 0 Å². The first-order chi connectivity index (χ1) is 6.26. The molecule has 2 heteroatoms. The van der Waals surface area contributed by atoms with Crippen LogP contribution in [0.1, 0.15) is 39.5 Å². The molecule has 0 unspecified atom stereocenters. The molecular weight excluding hydrogens is 162 g/mol. The van der Waals surface area contributed by atoms with E-state index >= 15 is 0 Å². The first-order valence-corrected chi connectivity index (χ1v) is 4.97. The van der Waals surface area contributed by atoms with Gasteiger partial charge in [0.25, 0.3) is 0 Å². The molecule has 0 aromatic rings. The number of rotatable bonds is 6. The van der Waals surface area contributed by atoms with Gasteiger partial charge in [0.2, 0.25) is 5.91 Å². The minimum absolute atomic E-state index is 0.189. The van der Waals surface area contributed by atoms with Crippen LogP contribution in [0, 0.1) is 12.3 Å². The molecule has 0 aliphatic rings. The number of nitrogens with zero attached hydrogens (tertiary/aromatic N) is 1. The fraction of sp³-hybridized carbons (Fsp3) is 0.727. The summed E-state index contributed by atoms with van der Waals surface area (Å²) in [6.07, 6.45) is 9.05. The Hall–Kier alpha value is -0.970. The smallest absolute Gasteiger partial charge is 0.223 e. The molecule has 74 valence electrons. The fourth-order valence-corrected chi connectivity index (χ4v) is 1.17. The lowest BCUT2D eigenvalue weighted by atomic mass is 10.2. The zero-order chi connectivity index (χ0) is 10.1. The Morgan fingerprint density at radius 1 is 1.38 bits per heavy atom. The molecule has 0 saturated carbocycles. The summed E-state index contributed by atoms with van der Waals surface area (Å²) in [5, 5.41) is 0. The number of unbranched alkanes of at least 4 members (excludes halogenated alkanes) is 2. The third-order valence-electron chi connectivity index (χ3n) is 2.01. The maximum absolute atomic E-state index is 11.5. The second kappa shape index (κ2) is 7.67. The average molecular weight is 181 g/mol. The highest BCUT2D eigenvalue weighted by Gasteiger charge is 2.08. The number of hydrogen-bond donors (Lipinski definition) is 0. The molecule has 0 bridgehead atoms. The lowest BCUT2D eigenvalue weighted by molar-refractivity contribution is -0.130. The zero-order valence-electron chi connectivity index (χ0n) is 8.68. The van der Waals surface area contributed by atoms with Crippen molar-refractivity contribution in [3.05, 3.63) is 0 Å². The van der Waals surface area contributed by atoms with Gasteiger partial charge in [0.1, 0.15) is 0 Å². The van der Waals surface area contributed by atoms with Crippen molar-refractivity contribution in [3.8, 4) is 12.3 Å². The molecule has 0 aliphatic heterocycles. The van der Waals surface area contributed by atoms with Crippen molar-refractivity contribution in [2.24, 2.45) is 0 Å². The Kier molecular flexibility index (Phi) is 7.10. The topological polar surface area (TPSA) is 20.3 Å². The number of hydrogen-bond acceptors (Lipinski definition) is 1. The first-order valence-electron chi connectivity index (χ1n) is 4.97. The van der Waals surface area contributed by atoms with Crippen molar-refractivity contribution >= 4 is 5.91 Å². The van der Waals surface area contributed by atoms with Gasteiger partial charge < -0.3 is 4.90 Å². The molecule has 0 N–H and O–H groups in total. The number of amides is 1. The third kappa shape index (κ3) is 5.30. The van der Waals surface area contributed by atoms with E-state index in [0.29, 0.717) is 13.0 Å². The molecule has 0 rings (SSSR count). The lowest BCUT2D eigenvalue weighted by Gasteiger charge is -2.17. The van der Waals surface area contributed by atoms with Crippen molar-refractivity contribution in [2.75, 3.05) is 13.1 Å². The van der Waals surface area contributed by atoms with Crippen molar-refractivity contribution in [3.63, 3.8) is 0 Å². The maximum Gasteiger partial charge on any atom is 0.223 e. The van der Waals surface area contributed by atoms with Crippen molar-refractivity contribution in [1.82, 2.24) is 4.90 Å². The van der Waals surface area contributed by atoms with Crippen molar-refractivity contribution in [2.45, 2.75) is 39.5 Å². The Morgan fingerprint density at radius 2 is 2.08 bits per heavy atom. The third-order valence-corrected chi connectivity index (χ3v) is 2.01. The molecule has 0 aromatic heterocycles. The lowest BCUT2D eigenvalue weighted by Crippen LogP contribution is -2.30. The number of carbonyl (C=O) groups excluding carboxylic acids is 1. The van der Waals surface area contributed by atoms with Crippen LogP contribution in [0.2, 0.25) is 0 Å². The zero-order valence-corrected chi connectivity index (χ0v) is 8.68. The Morgan fingerprint density at radius 3 is 2.54 bits per heavy atom. The normalized spacial score (nSPS) is 9.31. The van der Waals surface area contributed by atoms with Gasteiger partial charge in [-0.05, 0) is 13.3 Å². The van der Waals surface area contributed by atoms with Crippen molar-refractivity contribution in [1.29, 1.82) is 0 Å². The molecule has 13 heavy (non-hydrogen) atoms. The molecule has 0 aliphatic carbocycles. The predicted octanol–water partition coefficient (Wildman–Crippen LogP) is 2.05. The molecule has 0 aromatic carbocycles. The standard InChI is InChI=1S/C11H19NO/c1-4-7-8-9-11(13)12(6-3)10-5-2/h2H,4,6-10H2,1,3H3. The molecule has 0 spiro atoms. The SMILES string of the molecule is C#CCN(CC)C(=O)CCCCC. The van der Waals surface area contributed by atoms with Gasteiger partial charge in [-0.3, -0.25) is 4.79 Å². The summed E-state index contributed by atoms with van der Waals surface area (Å²) in [4.78, 5) is 13.2. The van der Waals surface area contributed by atoms with Gasteiger partial charge in [-0.25, -0.2) is 0 Å². The summed E-state index contributed by atoms with van der Waals surface area (Å²) in [7, 11) is 0. The van der Waals surface area contributed by atoms with Crippen LogP contribution in [-0.2, 0) is 4.79 Å². The highest BCUT2D eigenvalue weighted by Crippen LogP contribution is 2.02. The number of terminal acetylenes is 1. The molecule has 0 saturated heterocycles. The van der Waals surface area contributed by atoms with Gasteiger partial charge in [0.15, 0.2) is 0 Å². The summed E-state index contributed by atoms with van der Waals surface area (Å²) < 4.78 is 0. The van der Waals surface area contributed by atoms with E-state index in [1.165, 1.54) is 0 Å². The Bertz CT molecular complexity index is 181. The van der Waals surface area contributed by atoms with Gasteiger partial charge in [-0.2, -0.15) is 0 Å². The van der Waals surface area contributed by atoms with Gasteiger partial charge in [-0.1, -0.05) is 25.7 Å². The first kappa shape index (κ1) is 12.0. The van der Waals surface area contributed by atoms with E-state index in [0.717, 1.165) is 25.8 Å². The van der Waals surface area contributed by atoms with E-state index in [9.17, 15) is 4.79 Å². The van der Waals surface area contributed by atoms with Crippen LogP contribution in [-0.4, -0.2) is 23.9 Å². The van der Waals surface area contributed by atoms with Gasteiger partial charge in [-0.15, -0.1) is 6.42 Å². The van der Waals surface area contributed by atoms with E-state index in [1.807, 2.05) is 6.92 Å². The highest BCUT2D eigenvalue weighted by molar-refractivity contribution is 5.76. The van der Waals surface area contributed by atoms with E-state index in [4.69, 9.17) is 6.42 Å². The molecule has 1 amide bonds. The minimum Gasteiger partial charge on any atom is -0.332 e. The largest absolute Gasteiger partial charge is 0.332 e. The molecule has 2 nitrogen and oxygen atoms in total. The fourth-order valence-electron chi connectivity index (χ4n) is 1.17. The van der Waals surface area contributed by atoms with Crippen LogP contribution in [0.15, 0.2) is 0 Å². The summed E-state index contributed by atoms with van der Waals surface area (Å²) >= 11 is 0. The monoisotopic (exact) mass is 181 g/mol. The molecule has 0 fully saturated rings. The molecule has 0 atom stereocenters. The maximum atomic E-state index is 11.5. The summed E-state index contributed by atoms with van der Waals surface area (Å²) in [6, 6.07) is 0. The Balaban J connectivity index is 3.72. The summed E-state index contributed by atoms with van der Waals surface area (Å²) in [5.41, 5.74) is 0. The van der Waals surface area contributed by atoms with Crippen LogP contribution < -0.4 is 0 Å². The molecule has 0 radical (unpaired) electrons. The predicted molar refractivity (Wildman–Crippen MR) is 55.2 cm³/mol. The van der Waals surface area contributed by atoms with Crippen LogP contribution in [0.5, 0.6) is 0 Å². The van der Waals surface area contributed by atoms with Crippen LogP contribution in [0.25, 0.3) is 0 Å². The van der Waals surface area contributed by atoms with Crippen LogP contribution >= 0.6 is 0 Å². The van der Waals surface area contributed by atoms with Crippen LogP contribution in [0.3, 0.4) is 0 Å². The van der Waals surface area contributed by atoms with E-state index in [1.54, 1.807) is 4.90 Å². The molecular formula is C11H19NO. The number of carbonyl (C=O) groups is 1. The minimum atomic E-state index is 0.189. The van der Waals surface area contributed by atoms with Gasteiger partial charge in [0, 0.05) is 13.0 Å². The van der Waals surface area contributed by atoms with E-state index in [2.05, 4.69) is 12.8 Å². The quantitative estimate of drug-likeness (QED) is 0.453. The second-order valence-electron chi connectivity index (χ2n) is 3.07. The van der Waals surface area contributed by atoms with Crippen LogP contribution in [0.4, 0.5) is 0 Å².